The molecule has 1 rings (SSSR count). The van der Waals surface area contributed by atoms with Gasteiger partial charge < -0.3 is 13.9 Å². The van der Waals surface area contributed by atoms with Gasteiger partial charge in [0.2, 0.25) is 0 Å². The summed E-state index contributed by atoms with van der Waals surface area (Å²) in [5, 5.41) is 0.0876. The van der Waals surface area contributed by atoms with Crippen LogP contribution >= 0.6 is 0 Å². The predicted octanol–water partition coefficient (Wildman–Crippen LogP) is 5.88. The maximum Gasteiger partial charge on any atom is 0.264 e. The molecule has 0 radical (unpaired) electrons. The molecule has 0 amide bonds. The van der Waals surface area contributed by atoms with Crippen molar-refractivity contribution in [2.45, 2.75) is 85.4 Å². The van der Waals surface area contributed by atoms with E-state index in [2.05, 4.69) is 54.6 Å². The van der Waals surface area contributed by atoms with Crippen molar-refractivity contribution in [1.29, 1.82) is 0 Å². The van der Waals surface area contributed by atoms with E-state index in [-0.39, 0.29) is 41.6 Å². The van der Waals surface area contributed by atoms with Gasteiger partial charge in [0.15, 0.2) is 8.32 Å². The molecule has 0 N–H and O–H groups in total. The van der Waals surface area contributed by atoms with E-state index in [0.717, 1.165) is 17.6 Å². The number of methoxy groups -OCH3 is 1. The molecule has 1 aromatic carbocycles. The average molecular weight is 503 g/mol. The fraction of sp³-hybridized carbons (Fsp3) is 0.760. The monoisotopic (exact) mass is 502 g/mol. The highest BCUT2D eigenvalue weighted by Crippen LogP contribution is 2.40. The van der Waals surface area contributed by atoms with Crippen LogP contribution in [0.4, 0.5) is 0 Å². The minimum absolute atomic E-state index is 0.0209. The normalized spacial score (nSPS) is 17.0. The van der Waals surface area contributed by atoms with Gasteiger partial charge in [-0.05, 0) is 41.7 Å². The quantitative estimate of drug-likeness (QED) is 0.248. The van der Waals surface area contributed by atoms with Crippen LogP contribution in [0.1, 0.15) is 54.0 Å². The molecule has 8 heteroatoms. The van der Waals surface area contributed by atoms with Crippen molar-refractivity contribution in [2.75, 3.05) is 20.0 Å². The van der Waals surface area contributed by atoms with Gasteiger partial charge in [0.25, 0.3) is 10.1 Å². The zero-order valence-electron chi connectivity index (χ0n) is 22.5. The van der Waals surface area contributed by atoms with E-state index in [9.17, 15) is 8.42 Å². The Kier molecular flexibility index (Phi) is 11.1. The van der Waals surface area contributed by atoms with Crippen molar-refractivity contribution >= 4 is 18.4 Å². The molecule has 0 saturated heterocycles. The first-order valence-electron chi connectivity index (χ1n) is 11.7. The molecule has 4 atom stereocenters. The Bertz CT molecular complexity index is 814. The molecule has 0 aliphatic rings. The molecule has 6 nitrogen and oxygen atoms in total. The molecule has 33 heavy (non-hydrogen) atoms. The molecule has 0 saturated carbocycles. The summed E-state index contributed by atoms with van der Waals surface area (Å²) in [5.41, 5.74) is 1.02. The topological polar surface area (TPSA) is 71.1 Å². The van der Waals surface area contributed by atoms with Crippen LogP contribution in [0, 0.1) is 17.8 Å². The molecule has 0 unspecified atom stereocenters. The summed E-state index contributed by atoms with van der Waals surface area (Å²) >= 11 is 0. The highest BCUT2D eigenvalue weighted by Gasteiger charge is 2.43. The van der Waals surface area contributed by atoms with E-state index >= 15 is 0 Å². The smallest absolute Gasteiger partial charge is 0.264 e. The van der Waals surface area contributed by atoms with Gasteiger partial charge in [-0.3, -0.25) is 4.18 Å². The molecular weight excluding hydrogens is 456 g/mol. The van der Waals surface area contributed by atoms with Crippen LogP contribution in [-0.4, -0.2) is 48.9 Å². The third-order valence-electron chi connectivity index (χ3n) is 6.64. The van der Waals surface area contributed by atoms with Crippen molar-refractivity contribution in [2.24, 2.45) is 17.8 Å². The second-order valence-electron chi connectivity index (χ2n) is 11.0. The SMILES string of the molecule is COc1ccc(CO[C@@H]([C@@H](C)[C@H](O[Si](C)(C)C(C)(C)C)C(C)C)[C@H](C)COS(C)(=O)=O)cc1. The van der Waals surface area contributed by atoms with E-state index in [0.29, 0.717) is 6.61 Å². The van der Waals surface area contributed by atoms with Crippen molar-refractivity contribution in [3.05, 3.63) is 29.8 Å². The highest BCUT2D eigenvalue weighted by atomic mass is 32.2. The maximum absolute atomic E-state index is 11.6. The van der Waals surface area contributed by atoms with E-state index in [4.69, 9.17) is 18.1 Å². The standard InChI is InChI=1S/C25H46O6SSi/c1-18(2)23(31-33(10,11)25(5,6)7)20(4)24(19(3)16-30-32(9,26)27)29-17-21-12-14-22(28-8)15-13-21/h12-15,18-20,23-24H,16-17H2,1-11H3/t19-,20+,23-,24-/m1/s1. The van der Waals surface area contributed by atoms with Crippen LogP contribution in [0.25, 0.3) is 0 Å². The number of benzene rings is 1. The molecule has 0 aliphatic heterocycles. The lowest BCUT2D eigenvalue weighted by Gasteiger charge is -2.44. The Morgan fingerprint density at radius 2 is 1.52 bits per heavy atom. The predicted molar refractivity (Wildman–Crippen MR) is 138 cm³/mol. The van der Waals surface area contributed by atoms with Gasteiger partial charge >= 0.3 is 0 Å². The van der Waals surface area contributed by atoms with Crippen molar-refractivity contribution in [3.8, 4) is 5.75 Å². The summed E-state index contributed by atoms with van der Waals surface area (Å²) in [4.78, 5) is 0. The largest absolute Gasteiger partial charge is 0.497 e. The summed E-state index contributed by atoms with van der Waals surface area (Å²) in [6.07, 6.45) is 0.812. The van der Waals surface area contributed by atoms with Gasteiger partial charge in [0.1, 0.15) is 5.75 Å². The number of hydrogen-bond donors (Lipinski definition) is 0. The fourth-order valence-corrected chi connectivity index (χ4v) is 5.61. The van der Waals surface area contributed by atoms with Crippen LogP contribution in [0.15, 0.2) is 24.3 Å². The zero-order valence-corrected chi connectivity index (χ0v) is 24.3. The molecule has 0 aliphatic carbocycles. The minimum atomic E-state index is -3.53. The third kappa shape index (κ3) is 9.68. The second kappa shape index (κ2) is 12.2. The third-order valence-corrected chi connectivity index (χ3v) is 11.7. The average Bonchev–Trinajstić information content (AvgIpc) is 2.69. The molecule has 192 valence electrons. The summed E-state index contributed by atoms with van der Waals surface area (Å²) in [6.45, 7) is 20.2. The summed E-state index contributed by atoms with van der Waals surface area (Å²) in [7, 11) is -3.91. The lowest BCUT2D eigenvalue weighted by atomic mass is 9.85. The molecule has 0 bridgehead atoms. The van der Waals surface area contributed by atoms with Crippen LogP contribution in [0.2, 0.25) is 18.1 Å². The minimum Gasteiger partial charge on any atom is -0.497 e. The summed E-state index contributed by atoms with van der Waals surface area (Å²) in [5.74, 6) is 0.971. The van der Waals surface area contributed by atoms with Gasteiger partial charge in [-0.2, -0.15) is 8.42 Å². The lowest BCUT2D eigenvalue weighted by molar-refractivity contribution is -0.0777. The number of ether oxygens (including phenoxy) is 2. The zero-order chi connectivity index (χ0) is 25.6. The van der Waals surface area contributed by atoms with Gasteiger partial charge in [0.05, 0.1) is 38.8 Å². The van der Waals surface area contributed by atoms with Crippen molar-refractivity contribution in [1.82, 2.24) is 0 Å². The molecule has 0 aromatic heterocycles. The maximum atomic E-state index is 11.6. The molecule has 0 spiro atoms. The van der Waals surface area contributed by atoms with E-state index in [1.807, 2.05) is 31.2 Å². The van der Waals surface area contributed by atoms with Crippen LogP contribution in [0.5, 0.6) is 5.75 Å². The Labute approximate surface area is 203 Å². The van der Waals surface area contributed by atoms with Crippen LogP contribution < -0.4 is 4.74 Å². The van der Waals surface area contributed by atoms with Crippen molar-refractivity contribution < 1.29 is 26.5 Å². The lowest BCUT2D eigenvalue weighted by Crippen LogP contribution is -2.50. The number of rotatable bonds is 13. The number of hydrogen-bond acceptors (Lipinski definition) is 6. The Balaban J connectivity index is 3.15. The van der Waals surface area contributed by atoms with Crippen molar-refractivity contribution in [3.63, 3.8) is 0 Å². The molecular formula is C25H46O6SSi. The summed E-state index contributed by atoms with van der Waals surface area (Å²) in [6, 6.07) is 7.77. The highest BCUT2D eigenvalue weighted by molar-refractivity contribution is 7.85. The van der Waals surface area contributed by atoms with Crippen LogP contribution in [-0.2, 0) is 30.1 Å². The summed E-state index contributed by atoms with van der Waals surface area (Å²) < 4.78 is 46.9. The van der Waals surface area contributed by atoms with E-state index < -0.39 is 18.4 Å². The van der Waals surface area contributed by atoms with Gasteiger partial charge in [-0.1, -0.05) is 60.6 Å². The second-order valence-corrected chi connectivity index (χ2v) is 17.4. The first-order chi connectivity index (χ1) is 15.0. The van der Waals surface area contributed by atoms with Gasteiger partial charge in [-0.25, -0.2) is 0 Å². The molecule has 0 fully saturated rings. The molecule has 1 aromatic rings. The Morgan fingerprint density at radius 1 is 0.970 bits per heavy atom. The van der Waals surface area contributed by atoms with Gasteiger partial charge in [0, 0.05) is 11.8 Å². The van der Waals surface area contributed by atoms with E-state index in [1.165, 1.54) is 0 Å². The van der Waals surface area contributed by atoms with E-state index in [1.54, 1.807) is 7.11 Å². The Hall–Kier alpha value is -0.933. The van der Waals surface area contributed by atoms with Crippen LogP contribution in [0.3, 0.4) is 0 Å². The van der Waals surface area contributed by atoms with Gasteiger partial charge in [-0.15, -0.1) is 0 Å². The first-order valence-corrected chi connectivity index (χ1v) is 16.5. The fourth-order valence-electron chi connectivity index (χ4n) is 3.63. The first kappa shape index (κ1) is 30.1. The molecule has 0 heterocycles. The Morgan fingerprint density at radius 3 is 1.94 bits per heavy atom.